The molecular formula is C35H34N8O2. The van der Waals surface area contributed by atoms with Gasteiger partial charge in [0.15, 0.2) is 5.65 Å². The second-order valence-electron chi connectivity index (χ2n) is 13.0. The van der Waals surface area contributed by atoms with Gasteiger partial charge in [-0.2, -0.15) is 10.2 Å². The molecule has 8 rings (SSSR count). The summed E-state index contributed by atoms with van der Waals surface area (Å²) in [6, 6.07) is 21.4. The summed E-state index contributed by atoms with van der Waals surface area (Å²) < 4.78 is 7.59. The van der Waals surface area contributed by atoms with Crippen LogP contribution in [0.2, 0.25) is 0 Å². The van der Waals surface area contributed by atoms with Crippen LogP contribution in [0.15, 0.2) is 85.5 Å². The van der Waals surface area contributed by atoms with Crippen LogP contribution in [0.4, 0.5) is 4.79 Å². The Morgan fingerprint density at radius 1 is 0.956 bits per heavy atom. The second-order valence-corrected chi connectivity index (χ2v) is 13.0. The topological polar surface area (TPSA) is 105 Å². The third-order valence-electron chi connectivity index (χ3n) is 8.84. The van der Waals surface area contributed by atoms with Gasteiger partial charge in [-0.15, -0.1) is 0 Å². The Labute approximate surface area is 260 Å². The number of piperazine rings is 1. The first-order valence-electron chi connectivity index (χ1n) is 15.4. The monoisotopic (exact) mass is 598 g/mol. The van der Waals surface area contributed by atoms with Crippen molar-refractivity contribution in [3.63, 3.8) is 0 Å². The summed E-state index contributed by atoms with van der Waals surface area (Å²) in [5.41, 5.74) is 8.30. The Kier molecular flexibility index (Phi) is 6.42. The van der Waals surface area contributed by atoms with Crippen LogP contribution in [0.3, 0.4) is 0 Å². The molecule has 6 heterocycles. The van der Waals surface area contributed by atoms with E-state index >= 15 is 0 Å². The van der Waals surface area contributed by atoms with E-state index < -0.39 is 5.60 Å². The fourth-order valence-corrected chi connectivity index (χ4v) is 6.81. The molecule has 2 bridgehead atoms. The molecule has 0 aliphatic carbocycles. The van der Waals surface area contributed by atoms with Crippen molar-refractivity contribution in [1.29, 1.82) is 0 Å². The zero-order valence-electron chi connectivity index (χ0n) is 25.5. The number of ether oxygens (including phenoxy) is 1. The van der Waals surface area contributed by atoms with Gasteiger partial charge in [-0.1, -0.05) is 36.4 Å². The number of hydrogen-bond acceptors (Lipinski definition) is 7. The van der Waals surface area contributed by atoms with Crippen molar-refractivity contribution in [2.24, 2.45) is 0 Å². The molecule has 2 fully saturated rings. The zero-order chi connectivity index (χ0) is 30.7. The number of aromatic amines is 1. The lowest BCUT2D eigenvalue weighted by atomic mass is 9.99. The van der Waals surface area contributed by atoms with E-state index in [2.05, 4.69) is 50.4 Å². The van der Waals surface area contributed by atoms with Gasteiger partial charge >= 0.3 is 6.09 Å². The van der Waals surface area contributed by atoms with E-state index in [-0.39, 0.29) is 12.1 Å². The minimum absolute atomic E-state index is 0.196. The molecule has 6 aromatic rings. The number of nitrogens with zero attached hydrogens (tertiary/aromatic N) is 7. The highest BCUT2D eigenvalue weighted by atomic mass is 16.6. The Bertz CT molecular complexity index is 2030. The van der Waals surface area contributed by atoms with Crippen LogP contribution >= 0.6 is 0 Å². The predicted molar refractivity (Wildman–Crippen MR) is 172 cm³/mol. The smallest absolute Gasteiger partial charge is 0.410 e. The lowest BCUT2D eigenvalue weighted by Gasteiger charge is -2.35. The highest BCUT2D eigenvalue weighted by molar-refractivity contribution is 6.02. The molecule has 0 radical (unpaired) electrons. The van der Waals surface area contributed by atoms with E-state index in [1.807, 2.05) is 72.9 Å². The van der Waals surface area contributed by atoms with Gasteiger partial charge in [-0.05, 0) is 62.6 Å². The number of hydrogen-bond donors (Lipinski definition) is 1. The molecule has 2 atom stereocenters. The molecule has 4 aromatic heterocycles. The van der Waals surface area contributed by atoms with Gasteiger partial charge < -0.3 is 9.64 Å². The van der Waals surface area contributed by atoms with Crippen LogP contribution in [0, 0.1) is 0 Å². The van der Waals surface area contributed by atoms with Crippen LogP contribution in [-0.4, -0.2) is 76.4 Å². The number of nitrogens with one attached hydrogen (secondary N) is 1. The van der Waals surface area contributed by atoms with E-state index in [9.17, 15) is 4.79 Å². The van der Waals surface area contributed by atoms with Crippen molar-refractivity contribution >= 4 is 22.6 Å². The highest BCUT2D eigenvalue weighted by Gasteiger charge is 2.46. The summed E-state index contributed by atoms with van der Waals surface area (Å²) >= 11 is 0. The van der Waals surface area contributed by atoms with Gasteiger partial charge in [0.2, 0.25) is 0 Å². The van der Waals surface area contributed by atoms with Crippen LogP contribution in [0.25, 0.3) is 50.2 Å². The molecule has 0 spiro atoms. The number of amides is 1. The summed E-state index contributed by atoms with van der Waals surface area (Å²) in [5.74, 6) is 0. The van der Waals surface area contributed by atoms with Crippen LogP contribution in [0.5, 0.6) is 0 Å². The molecule has 10 nitrogen and oxygen atoms in total. The average Bonchev–Trinajstić information content (AvgIpc) is 3.83. The SMILES string of the molecule is CC(C)(C)OC(=O)N1C[C@@H]2C[C@H]1CN2Cc1ccc(-c2ccnc3c(-c4cccc5[nH]ncc45)c(-c4ccncc4)nn23)cc1. The van der Waals surface area contributed by atoms with Crippen LogP contribution in [-0.2, 0) is 11.3 Å². The van der Waals surface area contributed by atoms with E-state index in [4.69, 9.17) is 14.8 Å². The van der Waals surface area contributed by atoms with Crippen molar-refractivity contribution in [3.8, 4) is 33.6 Å². The minimum Gasteiger partial charge on any atom is -0.444 e. The number of carbonyl (C=O) groups excluding carboxylic acids is 1. The first kappa shape index (κ1) is 27.5. The first-order chi connectivity index (χ1) is 21.8. The highest BCUT2D eigenvalue weighted by Crippen LogP contribution is 2.39. The largest absolute Gasteiger partial charge is 0.444 e. The normalized spacial score (nSPS) is 18.3. The van der Waals surface area contributed by atoms with Crippen molar-refractivity contribution in [3.05, 3.63) is 91.0 Å². The van der Waals surface area contributed by atoms with Crippen molar-refractivity contribution in [2.45, 2.75) is 51.4 Å². The molecule has 0 saturated carbocycles. The third-order valence-corrected chi connectivity index (χ3v) is 8.84. The van der Waals surface area contributed by atoms with E-state index in [1.165, 1.54) is 5.56 Å². The number of pyridine rings is 1. The van der Waals surface area contributed by atoms with Gasteiger partial charge in [-0.3, -0.25) is 15.0 Å². The number of fused-ring (bicyclic) bond motifs is 4. The number of carbonyl (C=O) groups is 1. The number of H-pyrrole nitrogens is 1. The van der Waals surface area contributed by atoms with Crippen molar-refractivity contribution in [1.82, 2.24) is 39.6 Å². The molecule has 2 aliphatic rings. The van der Waals surface area contributed by atoms with E-state index in [1.54, 1.807) is 12.4 Å². The van der Waals surface area contributed by atoms with E-state index in [0.29, 0.717) is 6.04 Å². The quantitative estimate of drug-likeness (QED) is 0.252. The standard InChI is InChI=1S/C35H34N8O2/c1-35(2,3)45-34(44)42-21-25-17-26(42)20-41(25)19-22-7-9-23(10-8-22)30-13-16-37-33-31(27-5-4-6-29-28(27)18-38-39-29)32(40-43(30)33)24-11-14-36-15-12-24/h4-16,18,25-26H,17,19-21H2,1-3H3,(H,38,39)/t25-,26-/m0/s1. The predicted octanol–water partition coefficient (Wildman–Crippen LogP) is 6.20. The fourth-order valence-electron chi connectivity index (χ4n) is 6.81. The summed E-state index contributed by atoms with van der Waals surface area (Å²) in [6.07, 6.45) is 8.09. The maximum atomic E-state index is 12.7. The number of benzene rings is 2. The van der Waals surface area contributed by atoms with Gasteiger partial charge in [-0.25, -0.2) is 14.3 Å². The third kappa shape index (κ3) is 4.91. The lowest BCUT2D eigenvalue weighted by molar-refractivity contribution is 0.0124. The summed E-state index contributed by atoms with van der Waals surface area (Å²) in [7, 11) is 0. The molecule has 2 aromatic carbocycles. The molecule has 0 unspecified atom stereocenters. The number of likely N-dealkylation sites (tertiary alicyclic amines) is 2. The van der Waals surface area contributed by atoms with Gasteiger partial charge in [0, 0.05) is 66.8 Å². The molecule has 1 amide bonds. The molecule has 1 N–H and O–H groups in total. The molecule has 2 saturated heterocycles. The molecule has 2 aliphatic heterocycles. The summed E-state index contributed by atoms with van der Waals surface area (Å²) in [5, 5.41) is 13.5. The number of aromatic nitrogens is 6. The second kappa shape index (κ2) is 10.5. The fraction of sp³-hybridized carbons (Fsp3) is 0.286. The molecular weight excluding hydrogens is 564 g/mol. The molecule has 10 heteroatoms. The summed E-state index contributed by atoms with van der Waals surface area (Å²) in [6.45, 7) is 8.19. The zero-order valence-corrected chi connectivity index (χ0v) is 25.5. The van der Waals surface area contributed by atoms with Gasteiger partial charge in [0.25, 0.3) is 0 Å². The first-order valence-corrected chi connectivity index (χ1v) is 15.4. The maximum absolute atomic E-state index is 12.7. The summed E-state index contributed by atoms with van der Waals surface area (Å²) in [4.78, 5) is 26.1. The Balaban J connectivity index is 1.09. The molecule has 226 valence electrons. The van der Waals surface area contributed by atoms with Crippen LogP contribution in [0.1, 0.15) is 32.8 Å². The Hall–Kier alpha value is -5.09. The average molecular weight is 599 g/mol. The van der Waals surface area contributed by atoms with Crippen LogP contribution < -0.4 is 0 Å². The van der Waals surface area contributed by atoms with Gasteiger partial charge in [0.1, 0.15) is 11.3 Å². The maximum Gasteiger partial charge on any atom is 0.410 e. The van der Waals surface area contributed by atoms with Crippen molar-refractivity contribution in [2.75, 3.05) is 13.1 Å². The van der Waals surface area contributed by atoms with Crippen molar-refractivity contribution < 1.29 is 9.53 Å². The Morgan fingerprint density at radius 2 is 1.78 bits per heavy atom. The molecule has 45 heavy (non-hydrogen) atoms. The lowest BCUT2D eigenvalue weighted by Crippen LogP contribution is -2.49. The number of rotatable bonds is 5. The Morgan fingerprint density at radius 3 is 2.53 bits per heavy atom. The van der Waals surface area contributed by atoms with E-state index in [0.717, 1.165) is 76.2 Å². The minimum atomic E-state index is -0.479. The van der Waals surface area contributed by atoms with Gasteiger partial charge in [0.05, 0.1) is 23.0 Å².